The number of rotatable bonds is 2. The number of hydrogen-bond donors (Lipinski definition) is 2. The topological polar surface area (TPSA) is 115 Å². The highest BCUT2D eigenvalue weighted by Crippen LogP contribution is 2.37. The van der Waals surface area contributed by atoms with Crippen LogP contribution < -0.4 is 15.8 Å². The number of nitrogens with zero attached hydrogens (tertiary/aromatic N) is 4. The van der Waals surface area contributed by atoms with Gasteiger partial charge < -0.3 is 10.2 Å². The molecule has 2 aromatic heterocycles. The first-order chi connectivity index (χ1) is 12.7. The Bertz CT molecular complexity index is 927. The maximum atomic E-state index is 12.9. The lowest BCUT2D eigenvalue weighted by atomic mass is 9.80. The minimum atomic E-state index is -1.00. The summed E-state index contributed by atoms with van der Waals surface area (Å²) in [6.45, 7) is 1.64. The van der Waals surface area contributed by atoms with Crippen LogP contribution in [0.3, 0.4) is 0 Å². The fourth-order valence-electron chi connectivity index (χ4n) is 3.67. The summed E-state index contributed by atoms with van der Waals surface area (Å²) in [5, 5.41) is 12.1. The summed E-state index contributed by atoms with van der Waals surface area (Å²) in [5.74, 6) is -1.44. The molecule has 2 aromatic rings. The molecule has 1 saturated heterocycles. The van der Waals surface area contributed by atoms with E-state index in [1.165, 1.54) is 0 Å². The van der Waals surface area contributed by atoms with Crippen LogP contribution in [-0.2, 0) is 4.79 Å². The van der Waals surface area contributed by atoms with E-state index >= 15 is 0 Å². The number of anilines is 2. The van der Waals surface area contributed by atoms with Crippen LogP contribution in [-0.4, -0.2) is 33.9 Å². The largest absolute Gasteiger partial charge is 0.342 e. The van der Waals surface area contributed by atoms with E-state index in [0.717, 1.165) is 32.4 Å². The number of H-pyrrole nitrogens is 1. The molecule has 0 saturated carbocycles. The van der Waals surface area contributed by atoms with Crippen molar-refractivity contribution in [3.8, 4) is 6.07 Å². The predicted octanol–water partition coefficient (Wildman–Crippen LogP) is 1.38. The molecule has 2 aliphatic rings. The molecule has 0 unspecified atom stereocenters. The van der Waals surface area contributed by atoms with Crippen LogP contribution in [0.5, 0.6) is 0 Å². The third-order valence-corrected chi connectivity index (χ3v) is 4.95. The van der Waals surface area contributed by atoms with Gasteiger partial charge in [0.25, 0.3) is 5.56 Å². The zero-order chi connectivity index (χ0) is 18.1. The van der Waals surface area contributed by atoms with Crippen molar-refractivity contribution in [3.05, 3.63) is 46.0 Å². The molecule has 4 rings (SSSR count). The van der Waals surface area contributed by atoms with E-state index in [2.05, 4.69) is 20.3 Å². The Morgan fingerprint density at radius 2 is 2.04 bits per heavy atom. The average Bonchev–Trinajstić information content (AvgIpc) is 2.68. The van der Waals surface area contributed by atoms with Gasteiger partial charge in [0, 0.05) is 31.4 Å². The van der Waals surface area contributed by atoms with E-state index in [1.807, 2.05) is 11.0 Å². The number of pyridine rings is 1. The molecule has 2 N–H and O–H groups in total. The molecule has 0 spiro atoms. The fraction of sp³-hybridized carbons (Fsp3) is 0.389. The maximum Gasteiger partial charge on any atom is 0.258 e. The van der Waals surface area contributed by atoms with E-state index < -0.39 is 17.7 Å². The molecule has 1 fully saturated rings. The van der Waals surface area contributed by atoms with Crippen LogP contribution in [0.15, 0.2) is 29.3 Å². The van der Waals surface area contributed by atoms with Crippen molar-refractivity contribution in [2.45, 2.75) is 25.2 Å². The molecule has 2 aliphatic heterocycles. The van der Waals surface area contributed by atoms with E-state index in [1.54, 1.807) is 24.5 Å². The van der Waals surface area contributed by atoms with E-state index in [0.29, 0.717) is 17.1 Å². The first-order valence-corrected chi connectivity index (χ1v) is 8.68. The normalized spacial score (nSPS) is 22.3. The quantitative estimate of drug-likeness (QED) is 0.845. The number of carbonyl (C=O) groups excluding carboxylic acids is 1. The third-order valence-electron chi connectivity index (χ3n) is 4.95. The zero-order valence-corrected chi connectivity index (χ0v) is 14.1. The first-order valence-electron chi connectivity index (χ1n) is 8.68. The summed E-state index contributed by atoms with van der Waals surface area (Å²) in [5.41, 5.74) is 0.628. The Morgan fingerprint density at radius 1 is 1.23 bits per heavy atom. The number of nitriles is 1. The molecule has 26 heavy (non-hydrogen) atoms. The van der Waals surface area contributed by atoms with Crippen molar-refractivity contribution in [1.82, 2.24) is 15.0 Å². The molecule has 4 heterocycles. The van der Waals surface area contributed by atoms with Gasteiger partial charge in [0.2, 0.25) is 11.9 Å². The van der Waals surface area contributed by atoms with Crippen LogP contribution in [0.25, 0.3) is 0 Å². The van der Waals surface area contributed by atoms with Crippen LogP contribution in [0.4, 0.5) is 11.8 Å². The highest BCUT2D eigenvalue weighted by Gasteiger charge is 2.40. The number of piperidine rings is 1. The lowest BCUT2D eigenvalue weighted by Gasteiger charge is -2.31. The van der Waals surface area contributed by atoms with Crippen LogP contribution >= 0.6 is 0 Å². The number of aromatic amines is 1. The minimum Gasteiger partial charge on any atom is -0.342 e. The lowest BCUT2D eigenvalue weighted by molar-refractivity contribution is -0.119. The highest BCUT2D eigenvalue weighted by atomic mass is 16.2. The third kappa shape index (κ3) is 2.71. The first kappa shape index (κ1) is 16.3. The van der Waals surface area contributed by atoms with E-state index in [9.17, 15) is 14.9 Å². The van der Waals surface area contributed by atoms with Crippen molar-refractivity contribution < 1.29 is 4.79 Å². The van der Waals surface area contributed by atoms with Crippen LogP contribution in [0.2, 0.25) is 0 Å². The Kier molecular flexibility index (Phi) is 4.13. The van der Waals surface area contributed by atoms with Gasteiger partial charge in [0.05, 0.1) is 11.6 Å². The zero-order valence-electron chi connectivity index (χ0n) is 14.1. The van der Waals surface area contributed by atoms with Gasteiger partial charge in [-0.05, 0) is 30.9 Å². The van der Waals surface area contributed by atoms with Crippen molar-refractivity contribution in [3.63, 3.8) is 0 Å². The monoisotopic (exact) mass is 350 g/mol. The van der Waals surface area contributed by atoms with Crippen molar-refractivity contribution in [2.24, 2.45) is 5.92 Å². The summed E-state index contributed by atoms with van der Waals surface area (Å²) in [4.78, 5) is 38.8. The molecule has 132 valence electrons. The molecular formula is C18H18N6O2. The molecule has 0 aliphatic carbocycles. The molecule has 8 nitrogen and oxygen atoms in total. The number of hydrogen-bond acceptors (Lipinski definition) is 6. The molecule has 0 bridgehead atoms. The van der Waals surface area contributed by atoms with Crippen LogP contribution in [0, 0.1) is 17.2 Å². The lowest BCUT2D eigenvalue weighted by Crippen LogP contribution is -2.40. The Morgan fingerprint density at radius 3 is 2.73 bits per heavy atom. The SMILES string of the molecule is N#C[C@H]1C(=O)Nc2nc(N3CCCCC3)[nH]c(=O)c2[C@H]1c1cccnc1. The summed E-state index contributed by atoms with van der Waals surface area (Å²) < 4.78 is 0. The van der Waals surface area contributed by atoms with Gasteiger partial charge in [-0.2, -0.15) is 10.2 Å². The summed E-state index contributed by atoms with van der Waals surface area (Å²) >= 11 is 0. The second-order valence-corrected chi connectivity index (χ2v) is 6.56. The van der Waals surface area contributed by atoms with E-state index in [-0.39, 0.29) is 11.4 Å². The van der Waals surface area contributed by atoms with Crippen molar-refractivity contribution >= 4 is 17.7 Å². The van der Waals surface area contributed by atoms with Crippen LogP contribution in [0.1, 0.15) is 36.3 Å². The molecular weight excluding hydrogens is 332 g/mol. The van der Waals surface area contributed by atoms with Gasteiger partial charge in [-0.3, -0.25) is 19.6 Å². The summed E-state index contributed by atoms with van der Waals surface area (Å²) in [6.07, 6.45) is 6.44. The number of fused-ring (bicyclic) bond motifs is 1. The maximum absolute atomic E-state index is 12.9. The highest BCUT2D eigenvalue weighted by molar-refractivity contribution is 5.97. The second kappa shape index (κ2) is 6.59. The Labute approximate surface area is 149 Å². The van der Waals surface area contributed by atoms with Gasteiger partial charge in [0.1, 0.15) is 11.7 Å². The fourth-order valence-corrected chi connectivity index (χ4v) is 3.67. The molecule has 0 aromatic carbocycles. The Hall–Kier alpha value is -3.21. The van der Waals surface area contributed by atoms with Gasteiger partial charge in [0.15, 0.2) is 0 Å². The Balaban J connectivity index is 1.84. The van der Waals surface area contributed by atoms with Crippen molar-refractivity contribution in [1.29, 1.82) is 5.26 Å². The number of nitrogens with one attached hydrogen (secondary N) is 2. The summed E-state index contributed by atoms with van der Waals surface area (Å²) in [7, 11) is 0. The predicted molar refractivity (Wildman–Crippen MR) is 94.7 cm³/mol. The molecule has 1 amide bonds. The second-order valence-electron chi connectivity index (χ2n) is 6.56. The van der Waals surface area contributed by atoms with E-state index in [4.69, 9.17) is 0 Å². The number of carbonyl (C=O) groups is 1. The molecule has 2 atom stereocenters. The minimum absolute atomic E-state index is 0.236. The van der Waals surface area contributed by atoms with Gasteiger partial charge in [-0.1, -0.05) is 6.07 Å². The van der Waals surface area contributed by atoms with Crippen molar-refractivity contribution in [2.75, 3.05) is 23.3 Å². The molecule has 0 radical (unpaired) electrons. The number of aromatic nitrogens is 3. The smallest absolute Gasteiger partial charge is 0.258 e. The number of amides is 1. The summed E-state index contributed by atoms with van der Waals surface area (Å²) in [6, 6.07) is 5.51. The van der Waals surface area contributed by atoms with Gasteiger partial charge in [-0.25, -0.2) is 0 Å². The van der Waals surface area contributed by atoms with Gasteiger partial charge >= 0.3 is 0 Å². The standard InChI is InChI=1S/C18H18N6O2/c19-9-12-13(11-5-4-6-20-10-11)14-15(21-16(12)25)22-18(23-17(14)26)24-7-2-1-3-8-24/h4-6,10,12-13H,1-3,7-8H2,(H2,21,22,23,25,26)/t12-,13+/m1/s1. The average molecular weight is 350 g/mol. The molecule has 8 heteroatoms. The van der Waals surface area contributed by atoms with Gasteiger partial charge in [-0.15, -0.1) is 0 Å².